The molecule has 9 heteroatoms. The van der Waals surface area contributed by atoms with E-state index in [1.807, 2.05) is 72.8 Å². The van der Waals surface area contributed by atoms with Crippen LogP contribution in [-0.2, 0) is 9.59 Å². The second-order valence-corrected chi connectivity index (χ2v) is 12.0. The van der Waals surface area contributed by atoms with Crippen molar-refractivity contribution in [2.45, 2.75) is 35.5 Å². The maximum Gasteiger partial charge on any atom is 0.346 e. The largest absolute Gasteiger partial charge is 0.477 e. The number of nitriles is 2. The lowest BCUT2D eigenvalue weighted by Crippen LogP contribution is -2.22. The van der Waals surface area contributed by atoms with E-state index in [0.29, 0.717) is 11.1 Å². The molecule has 8 nitrogen and oxygen atoms in total. The number of benzene rings is 4. The summed E-state index contributed by atoms with van der Waals surface area (Å²) in [6.07, 6.45) is 6.79. The van der Waals surface area contributed by atoms with Gasteiger partial charge in [-0.3, -0.25) is 0 Å². The van der Waals surface area contributed by atoms with Crippen LogP contribution in [0.2, 0.25) is 0 Å². The molecule has 0 bridgehead atoms. The number of carboxylic acids is 2. The summed E-state index contributed by atoms with van der Waals surface area (Å²) in [4.78, 5) is 29.3. The fourth-order valence-corrected chi connectivity index (χ4v) is 6.60. The zero-order valence-electron chi connectivity index (χ0n) is 25.5. The molecule has 0 atom stereocenters. The third-order valence-corrected chi connectivity index (χ3v) is 8.87. The predicted octanol–water partition coefficient (Wildman–Crippen LogP) is 8.67. The first kappa shape index (κ1) is 32.6. The van der Waals surface area contributed by atoms with Crippen LogP contribution in [0.15, 0.2) is 118 Å². The van der Waals surface area contributed by atoms with Gasteiger partial charge in [0.05, 0.1) is 11.4 Å². The summed E-state index contributed by atoms with van der Waals surface area (Å²) in [5.74, 6) is -2.49. The van der Waals surface area contributed by atoms with E-state index in [0.717, 1.165) is 71.3 Å². The van der Waals surface area contributed by atoms with E-state index < -0.39 is 11.9 Å². The number of para-hydroxylation sites is 2. The SMILES string of the molecule is N#C/C(=C\c1ccc(N(CCCCCCN2c3ccccc3Sc3cc(/C=C(\C#N)C(=O)O)ccc32)c2ccccc2)cc1)C(=O)O. The van der Waals surface area contributed by atoms with E-state index in [9.17, 15) is 25.1 Å². The molecule has 0 aliphatic carbocycles. The van der Waals surface area contributed by atoms with Crippen molar-refractivity contribution in [1.82, 2.24) is 0 Å². The Hall–Kier alpha value is -5.77. The number of hydrogen-bond acceptors (Lipinski definition) is 7. The third kappa shape index (κ3) is 8.09. The summed E-state index contributed by atoms with van der Waals surface area (Å²) in [5, 5.41) is 36.7. The van der Waals surface area contributed by atoms with Crippen LogP contribution in [0.1, 0.15) is 36.8 Å². The lowest BCUT2D eigenvalue weighted by atomic mass is 10.1. The minimum Gasteiger partial charge on any atom is -0.477 e. The van der Waals surface area contributed by atoms with Crippen molar-refractivity contribution >= 4 is 58.6 Å². The highest BCUT2D eigenvalue weighted by molar-refractivity contribution is 7.99. The molecule has 1 aliphatic heterocycles. The van der Waals surface area contributed by atoms with Gasteiger partial charge in [0.2, 0.25) is 0 Å². The molecule has 0 amide bonds. The monoisotopic (exact) mass is 640 g/mol. The van der Waals surface area contributed by atoms with Crippen LogP contribution in [0.25, 0.3) is 12.2 Å². The van der Waals surface area contributed by atoms with Crippen LogP contribution < -0.4 is 9.80 Å². The van der Waals surface area contributed by atoms with Crippen molar-refractivity contribution in [1.29, 1.82) is 10.5 Å². The lowest BCUT2D eigenvalue weighted by molar-refractivity contribution is -0.133. The molecule has 0 aromatic heterocycles. The molecule has 4 aromatic rings. The topological polar surface area (TPSA) is 129 Å². The molecule has 0 fully saturated rings. The Labute approximate surface area is 278 Å². The summed E-state index contributed by atoms with van der Waals surface area (Å²) >= 11 is 1.65. The fraction of sp³-hybridized carbons (Fsp3) is 0.158. The van der Waals surface area contributed by atoms with E-state index in [2.05, 4.69) is 34.1 Å². The predicted molar refractivity (Wildman–Crippen MR) is 185 cm³/mol. The van der Waals surface area contributed by atoms with Gasteiger partial charge >= 0.3 is 11.9 Å². The van der Waals surface area contributed by atoms with Crippen LogP contribution in [0.5, 0.6) is 0 Å². The van der Waals surface area contributed by atoms with Crippen molar-refractivity contribution in [3.63, 3.8) is 0 Å². The molecule has 0 saturated heterocycles. The first-order chi connectivity index (χ1) is 22.9. The van der Waals surface area contributed by atoms with Crippen LogP contribution in [0.4, 0.5) is 22.7 Å². The Kier molecular flexibility index (Phi) is 10.7. The van der Waals surface area contributed by atoms with E-state index in [-0.39, 0.29) is 11.1 Å². The van der Waals surface area contributed by atoms with E-state index in [4.69, 9.17) is 5.26 Å². The van der Waals surface area contributed by atoms with E-state index >= 15 is 0 Å². The summed E-state index contributed by atoms with van der Waals surface area (Å²) in [7, 11) is 0. The molecule has 1 heterocycles. The summed E-state index contributed by atoms with van der Waals surface area (Å²) in [6, 6.07) is 35.2. The second kappa shape index (κ2) is 15.5. The van der Waals surface area contributed by atoms with Gasteiger partial charge in [-0.05, 0) is 84.7 Å². The number of carbonyl (C=O) groups is 2. The van der Waals surface area contributed by atoms with Gasteiger partial charge in [0.1, 0.15) is 23.3 Å². The van der Waals surface area contributed by atoms with E-state index in [1.54, 1.807) is 23.9 Å². The van der Waals surface area contributed by atoms with Gasteiger partial charge in [0.25, 0.3) is 0 Å². The highest BCUT2D eigenvalue weighted by Gasteiger charge is 2.23. The minimum absolute atomic E-state index is 0.298. The zero-order valence-corrected chi connectivity index (χ0v) is 26.4. The summed E-state index contributed by atoms with van der Waals surface area (Å²) < 4.78 is 0. The van der Waals surface area contributed by atoms with Gasteiger partial charge < -0.3 is 20.0 Å². The standard InChI is InChI=1S/C38H32N4O4S/c39-25-29(37(43)44)22-27-14-17-32(18-15-27)41(31-10-4-3-5-11-31)20-8-1-2-9-21-42-33-12-6-7-13-35(33)47-36-24-28(16-19-34(36)42)23-30(26-40)38(45)46/h3-7,10-19,22-24H,1-2,8-9,20-21H2,(H,43,44)(H,45,46)/b29-22+,30-23+. The summed E-state index contributed by atoms with van der Waals surface area (Å²) in [5.41, 5.74) is 5.00. The first-order valence-electron chi connectivity index (χ1n) is 15.2. The normalized spacial score (nSPS) is 12.3. The van der Waals surface area contributed by atoms with Crippen molar-refractivity contribution in [2.75, 3.05) is 22.9 Å². The van der Waals surface area contributed by atoms with Crippen molar-refractivity contribution in [2.24, 2.45) is 0 Å². The molecular formula is C38H32N4O4S. The Bertz CT molecular complexity index is 1910. The molecular weight excluding hydrogens is 609 g/mol. The minimum atomic E-state index is -1.25. The molecule has 47 heavy (non-hydrogen) atoms. The van der Waals surface area contributed by atoms with Gasteiger partial charge in [-0.2, -0.15) is 10.5 Å². The van der Waals surface area contributed by atoms with Gasteiger partial charge in [-0.1, -0.05) is 73.1 Å². The molecule has 4 aromatic carbocycles. The Morgan fingerprint density at radius 3 is 1.94 bits per heavy atom. The quantitative estimate of drug-likeness (QED) is 0.0838. The second-order valence-electron chi connectivity index (χ2n) is 10.9. The van der Waals surface area contributed by atoms with Crippen molar-refractivity contribution in [3.8, 4) is 12.1 Å². The maximum atomic E-state index is 11.4. The van der Waals surface area contributed by atoms with Gasteiger partial charge in [0, 0.05) is 34.3 Å². The van der Waals surface area contributed by atoms with Crippen LogP contribution in [-0.4, -0.2) is 35.2 Å². The Morgan fingerprint density at radius 2 is 1.26 bits per heavy atom. The Balaban J connectivity index is 1.23. The van der Waals surface area contributed by atoms with Crippen LogP contribution in [0.3, 0.4) is 0 Å². The Morgan fingerprint density at radius 1 is 0.681 bits per heavy atom. The lowest BCUT2D eigenvalue weighted by Gasteiger charge is -2.33. The van der Waals surface area contributed by atoms with Crippen LogP contribution in [0, 0.1) is 22.7 Å². The number of fused-ring (bicyclic) bond motifs is 2. The molecule has 234 valence electrons. The van der Waals surface area contributed by atoms with Gasteiger partial charge in [-0.25, -0.2) is 9.59 Å². The van der Waals surface area contributed by atoms with Crippen LogP contribution >= 0.6 is 11.8 Å². The molecule has 5 rings (SSSR count). The number of nitrogens with zero attached hydrogens (tertiary/aromatic N) is 4. The molecule has 2 N–H and O–H groups in total. The van der Waals surface area contributed by atoms with Crippen molar-refractivity contribution < 1.29 is 19.8 Å². The van der Waals surface area contributed by atoms with E-state index in [1.165, 1.54) is 12.2 Å². The average Bonchev–Trinajstić information content (AvgIpc) is 3.09. The molecule has 1 aliphatic rings. The first-order valence-corrected chi connectivity index (χ1v) is 16.0. The highest BCUT2D eigenvalue weighted by atomic mass is 32.2. The number of rotatable bonds is 13. The molecule has 0 spiro atoms. The zero-order chi connectivity index (χ0) is 33.2. The number of aliphatic carboxylic acids is 2. The van der Waals surface area contributed by atoms with Crippen molar-refractivity contribution in [3.05, 3.63) is 119 Å². The maximum absolute atomic E-state index is 11.4. The number of unbranched alkanes of at least 4 members (excludes halogenated alkanes) is 3. The highest BCUT2D eigenvalue weighted by Crippen LogP contribution is 2.48. The van der Waals surface area contributed by atoms with Gasteiger partial charge in [0.15, 0.2) is 0 Å². The number of anilines is 4. The fourth-order valence-electron chi connectivity index (χ4n) is 5.46. The molecule has 0 saturated carbocycles. The number of hydrogen-bond donors (Lipinski definition) is 2. The summed E-state index contributed by atoms with van der Waals surface area (Å²) in [6.45, 7) is 1.64. The third-order valence-electron chi connectivity index (χ3n) is 7.76. The number of carboxylic acid groups (broad SMARTS) is 2. The average molecular weight is 641 g/mol. The molecule has 0 radical (unpaired) electrons. The van der Waals surface area contributed by atoms with Gasteiger partial charge in [-0.15, -0.1) is 0 Å². The smallest absolute Gasteiger partial charge is 0.346 e. The molecule has 0 unspecified atom stereocenters.